The fourth-order valence-electron chi connectivity index (χ4n) is 4.59. The van der Waals surface area contributed by atoms with Crippen molar-refractivity contribution in [3.8, 4) is 11.4 Å². The number of pyridine rings is 1. The molecule has 0 bridgehead atoms. The standard InChI is InChI=1S/C22H24F2N4O5S/c1-21(11-34(31,32)12-21)26-19(29)13-8-16-17(22(30)6-3-7-22)27-28(18(16)25-10-13)14-4-2-5-15(9-14)33-20(23)24/h2,4-5,8-10,20,30-32H,3,6-7,11-12H2,1H3,(H,26,29). The van der Waals surface area contributed by atoms with E-state index in [0.29, 0.717) is 35.3 Å². The van der Waals surface area contributed by atoms with Gasteiger partial charge in [0.05, 0.1) is 28.3 Å². The molecule has 34 heavy (non-hydrogen) atoms. The first-order chi connectivity index (χ1) is 16.0. The number of nitrogens with zero attached hydrogens (tertiary/aromatic N) is 3. The number of ether oxygens (including phenoxy) is 1. The molecular formula is C22H24F2N4O5S. The van der Waals surface area contributed by atoms with E-state index in [1.165, 1.54) is 23.0 Å². The van der Waals surface area contributed by atoms with Crippen LogP contribution in [0.4, 0.5) is 8.78 Å². The van der Waals surface area contributed by atoms with E-state index in [9.17, 15) is 27.8 Å². The lowest BCUT2D eigenvalue weighted by molar-refractivity contribution is -0.0498. The largest absolute Gasteiger partial charge is 0.435 e. The lowest BCUT2D eigenvalue weighted by Crippen LogP contribution is -2.61. The molecule has 1 amide bonds. The minimum absolute atomic E-state index is 0.0456. The molecule has 1 aliphatic carbocycles. The third-order valence-electron chi connectivity index (χ3n) is 6.21. The number of halogens is 2. The summed E-state index contributed by atoms with van der Waals surface area (Å²) in [5, 5.41) is 18.9. The molecule has 182 valence electrons. The van der Waals surface area contributed by atoms with E-state index in [2.05, 4.69) is 20.1 Å². The van der Waals surface area contributed by atoms with Gasteiger partial charge in [0.25, 0.3) is 5.91 Å². The molecule has 2 fully saturated rings. The van der Waals surface area contributed by atoms with Gasteiger partial charge in [0.1, 0.15) is 17.0 Å². The molecular weight excluding hydrogens is 470 g/mol. The maximum atomic E-state index is 12.9. The number of carbonyl (C=O) groups excluding carboxylic acids is 1. The van der Waals surface area contributed by atoms with Crippen LogP contribution in [0.2, 0.25) is 0 Å². The average Bonchev–Trinajstić information content (AvgIpc) is 3.09. The number of alkyl halides is 2. The zero-order chi connectivity index (χ0) is 24.3. The van der Waals surface area contributed by atoms with Crippen molar-refractivity contribution in [2.45, 2.75) is 43.9 Å². The maximum Gasteiger partial charge on any atom is 0.387 e. The number of aliphatic hydroxyl groups is 1. The van der Waals surface area contributed by atoms with E-state index in [-0.39, 0.29) is 22.8 Å². The SMILES string of the molecule is CC1(NC(=O)c2cnc3c(c2)c(C2(O)CCC2)nn3-c2cccc(OC(F)F)c2)CS(O)(O)C1. The van der Waals surface area contributed by atoms with Crippen molar-refractivity contribution in [2.24, 2.45) is 0 Å². The van der Waals surface area contributed by atoms with Gasteiger partial charge in [-0.1, -0.05) is 6.07 Å². The lowest BCUT2D eigenvalue weighted by atomic mass is 9.77. The molecule has 1 saturated heterocycles. The molecule has 3 heterocycles. The quantitative estimate of drug-likeness (QED) is 0.412. The predicted molar refractivity (Wildman–Crippen MR) is 122 cm³/mol. The van der Waals surface area contributed by atoms with Crippen molar-refractivity contribution in [1.29, 1.82) is 0 Å². The van der Waals surface area contributed by atoms with Crippen LogP contribution < -0.4 is 10.1 Å². The Balaban J connectivity index is 1.54. The number of aromatic nitrogens is 3. The molecule has 0 atom stereocenters. The summed E-state index contributed by atoms with van der Waals surface area (Å²) in [5.74, 6) is -0.308. The van der Waals surface area contributed by atoms with Gasteiger partial charge in [0, 0.05) is 17.6 Å². The second kappa shape index (κ2) is 7.87. The number of carbonyl (C=O) groups is 1. The number of amides is 1. The third-order valence-corrected chi connectivity index (χ3v) is 8.41. The van der Waals surface area contributed by atoms with Gasteiger partial charge >= 0.3 is 6.61 Å². The van der Waals surface area contributed by atoms with E-state index >= 15 is 0 Å². The Labute approximate surface area is 195 Å². The average molecular weight is 495 g/mol. The molecule has 5 rings (SSSR count). The summed E-state index contributed by atoms with van der Waals surface area (Å²) in [4.78, 5) is 17.3. The van der Waals surface area contributed by atoms with Crippen molar-refractivity contribution >= 4 is 27.5 Å². The molecule has 9 nitrogen and oxygen atoms in total. The first kappa shape index (κ1) is 23.0. The highest BCUT2D eigenvalue weighted by molar-refractivity contribution is 8.25. The Morgan fingerprint density at radius 3 is 2.62 bits per heavy atom. The second-order valence-corrected chi connectivity index (χ2v) is 11.4. The van der Waals surface area contributed by atoms with E-state index in [1.54, 1.807) is 25.1 Å². The van der Waals surface area contributed by atoms with Gasteiger partial charge in [0.15, 0.2) is 5.65 Å². The molecule has 0 spiro atoms. The monoisotopic (exact) mass is 494 g/mol. The highest BCUT2D eigenvalue weighted by Gasteiger charge is 2.46. The highest BCUT2D eigenvalue weighted by Crippen LogP contribution is 2.53. The van der Waals surface area contributed by atoms with Gasteiger partial charge in [-0.15, -0.1) is 0 Å². The van der Waals surface area contributed by atoms with Crippen molar-refractivity contribution in [1.82, 2.24) is 20.1 Å². The van der Waals surface area contributed by atoms with Crippen LogP contribution in [0, 0.1) is 0 Å². The van der Waals surface area contributed by atoms with Gasteiger partial charge in [0.2, 0.25) is 0 Å². The number of nitrogens with one attached hydrogen (secondary N) is 1. The normalized spacial score (nSPS) is 20.9. The molecule has 1 aromatic carbocycles. The molecule has 2 aliphatic rings. The van der Waals surface area contributed by atoms with Crippen molar-refractivity contribution in [3.63, 3.8) is 0 Å². The van der Waals surface area contributed by atoms with Gasteiger partial charge in [-0.25, -0.2) is 9.67 Å². The summed E-state index contributed by atoms with van der Waals surface area (Å²) in [7, 11) is -2.65. The van der Waals surface area contributed by atoms with E-state index in [1.807, 2.05) is 0 Å². The summed E-state index contributed by atoms with van der Waals surface area (Å²) in [6.07, 6.45) is 3.19. The van der Waals surface area contributed by atoms with Crippen LogP contribution in [0.25, 0.3) is 16.7 Å². The number of benzene rings is 1. The minimum atomic E-state index is -2.98. The molecule has 3 aromatic rings. The van der Waals surface area contributed by atoms with Gasteiger partial charge in [-0.3, -0.25) is 13.9 Å². The Bertz CT molecular complexity index is 1270. The number of rotatable bonds is 6. The molecule has 1 saturated carbocycles. The summed E-state index contributed by atoms with van der Waals surface area (Å²) < 4.78 is 50.7. The van der Waals surface area contributed by atoms with Gasteiger partial charge < -0.3 is 15.2 Å². The molecule has 12 heteroatoms. The maximum absolute atomic E-state index is 12.9. The van der Waals surface area contributed by atoms with Crippen LogP contribution in [0.5, 0.6) is 5.75 Å². The Kier molecular flexibility index (Phi) is 5.32. The molecule has 2 aromatic heterocycles. The van der Waals surface area contributed by atoms with Crippen LogP contribution in [0.15, 0.2) is 36.5 Å². The summed E-state index contributed by atoms with van der Waals surface area (Å²) in [6, 6.07) is 7.58. The fourth-order valence-corrected chi connectivity index (χ4v) is 6.69. The van der Waals surface area contributed by atoms with E-state index in [0.717, 1.165) is 6.42 Å². The number of hydrogen-bond donors (Lipinski definition) is 4. The summed E-state index contributed by atoms with van der Waals surface area (Å²) in [5.41, 5.74) is -0.543. The molecule has 0 unspecified atom stereocenters. The molecule has 4 N–H and O–H groups in total. The van der Waals surface area contributed by atoms with Gasteiger partial charge in [-0.05, 0) is 44.4 Å². The second-order valence-electron chi connectivity index (χ2n) is 9.22. The predicted octanol–water partition coefficient (Wildman–Crippen LogP) is 3.65. The van der Waals surface area contributed by atoms with Crippen LogP contribution in [-0.4, -0.2) is 58.5 Å². The van der Waals surface area contributed by atoms with Crippen molar-refractivity contribution in [3.05, 3.63) is 47.8 Å². The Morgan fingerprint density at radius 1 is 1.26 bits per heavy atom. The van der Waals surface area contributed by atoms with Crippen LogP contribution >= 0.6 is 10.6 Å². The smallest absolute Gasteiger partial charge is 0.387 e. The number of fused-ring (bicyclic) bond motifs is 1. The van der Waals surface area contributed by atoms with Crippen molar-refractivity contribution in [2.75, 3.05) is 11.5 Å². The first-order valence-electron chi connectivity index (χ1n) is 10.7. The number of hydrogen-bond acceptors (Lipinski definition) is 7. The first-order valence-corrected chi connectivity index (χ1v) is 12.6. The molecule has 0 radical (unpaired) electrons. The zero-order valence-corrected chi connectivity index (χ0v) is 19.1. The van der Waals surface area contributed by atoms with Crippen LogP contribution in [-0.2, 0) is 5.60 Å². The van der Waals surface area contributed by atoms with Crippen LogP contribution in [0.3, 0.4) is 0 Å². The summed E-state index contributed by atoms with van der Waals surface area (Å²) in [6.45, 7) is -1.24. The third kappa shape index (κ3) is 4.11. The minimum Gasteiger partial charge on any atom is -0.435 e. The van der Waals surface area contributed by atoms with Crippen molar-refractivity contribution < 1.29 is 32.5 Å². The Hall–Kier alpha value is -2.80. The lowest BCUT2D eigenvalue weighted by Gasteiger charge is -2.54. The van der Waals surface area contributed by atoms with E-state index < -0.39 is 34.2 Å². The zero-order valence-electron chi connectivity index (χ0n) is 18.2. The highest BCUT2D eigenvalue weighted by atomic mass is 32.3. The molecule has 1 aliphatic heterocycles. The fraction of sp³-hybridized carbons (Fsp3) is 0.409. The van der Waals surface area contributed by atoms with Gasteiger partial charge in [-0.2, -0.15) is 24.5 Å². The summed E-state index contributed by atoms with van der Waals surface area (Å²) >= 11 is 0. The topological polar surface area (TPSA) is 130 Å². The Morgan fingerprint density at radius 2 is 2.00 bits per heavy atom. The van der Waals surface area contributed by atoms with E-state index in [4.69, 9.17) is 0 Å². The van der Waals surface area contributed by atoms with Crippen LogP contribution in [0.1, 0.15) is 42.2 Å².